The first-order valence-electron chi connectivity index (χ1n) is 8.93. The molecule has 0 aromatic heterocycles. The minimum absolute atomic E-state index is 0.249. The fraction of sp³-hybridized carbons (Fsp3) is 0.684. The average Bonchev–Trinajstić information content (AvgIpc) is 2.67. The van der Waals surface area contributed by atoms with Crippen molar-refractivity contribution >= 4 is 0 Å². The highest BCUT2D eigenvalue weighted by Crippen LogP contribution is 2.36. The highest BCUT2D eigenvalue weighted by atomic mass is 16.8. The Morgan fingerprint density at radius 3 is 2.52 bits per heavy atom. The van der Waals surface area contributed by atoms with Crippen molar-refractivity contribution in [3.8, 4) is 0 Å². The Hall–Kier alpha value is -1.02. The van der Waals surface area contributed by atoms with Gasteiger partial charge in [-0.05, 0) is 6.42 Å². The molecule has 0 spiro atoms. The van der Waals surface area contributed by atoms with E-state index in [4.69, 9.17) is 28.4 Å². The van der Waals surface area contributed by atoms with E-state index in [0.717, 1.165) is 18.4 Å². The Balaban J connectivity index is 1.74. The predicted molar refractivity (Wildman–Crippen MR) is 91.1 cm³/mol. The molecule has 2 aliphatic heterocycles. The van der Waals surface area contributed by atoms with Gasteiger partial charge >= 0.3 is 0 Å². The van der Waals surface area contributed by atoms with Crippen molar-refractivity contribution in [1.82, 2.24) is 0 Å². The van der Waals surface area contributed by atoms with Gasteiger partial charge in [-0.15, -0.1) is 0 Å². The average molecular weight is 352 g/mol. The third kappa shape index (κ3) is 4.22. The fourth-order valence-corrected chi connectivity index (χ4v) is 3.32. The fourth-order valence-electron chi connectivity index (χ4n) is 3.32. The monoisotopic (exact) mass is 352 g/mol. The first-order valence-corrected chi connectivity index (χ1v) is 8.93. The molecular weight excluding hydrogens is 324 g/mol. The summed E-state index contributed by atoms with van der Waals surface area (Å²) in [5, 5.41) is 0. The van der Waals surface area contributed by atoms with Gasteiger partial charge in [-0.2, -0.15) is 0 Å². The first kappa shape index (κ1) is 18.8. The largest absolute Gasteiger partial charge is 0.376 e. The Kier molecular flexibility index (Phi) is 6.81. The zero-order valence-corrected chi connectivity index (χ0v) is 15.1. The molecule has 0 amide bonds. The Morgan fingerprint density at radius 2 is 1.84 bits per heavy atom. The molecule has 1 aromatic rings. The number of hydrogen-bond acceptors (Lipinski definition) is 6. The van der Waals surface area contributed by atoms with Gasteiger partial charge in [0.15, 0.2) is 12.6 Å². The maximum Gasteiger partial charge on any atom is 0.186 e. The topological polar surface area (TPSA) is 55.4 Å². The highest BCUT2D eigenvalue weighted by molar-refractivity contribution is 5.16. The third-order valence-electron chi connectivity index (χ3n) is 4.67. The van der Waals surface area contributed by atoms with Crippen LogP contribution in [0.2, 0.25) is 0 Å². The zero-order valence-electron chi connectivity index (χ0n) is 15.1. The molecule has 0 aliphatic carbocycles. The van der Waals surface area contributed by atoms with Crippen molar-refractivity contribution in [1.29, 1.82) is 0 Å². The maximum atomic E-state index is 6.20. The molecule has 2 aliphatic rings. The molecule has 25 heavy (non-hydrogen) atoms. The van der Waals surface area contributed by atoms with E-state index in [1.807, 2.05) is 30.3 Å². The molecule has 2 fully saturated rings. The van der Waals surface area contributed by atoms with Crippen LogP contribution in [0.25, 0.3) is 0 Å². The van der Waals surface area contributed by atoms with Gasteiger partial charge in [0.05, 0.1) is 6.61 Å². The third-order valence-corrected chi connectivity index (χ3v) is 4.67. The van der Waals surface area contributed by atoms with Crippen LogP contribution in [0.3, 0.4) is 0 Å². The van der Waals surface area contributed by atoms with Gasteiger partial charge in [0.2, 0.25) is 0 Å². The van der Waals surface area contributed by atoms with Crippen molar-refractivity contribution < 1.29 is 28.4 Å². The molecule has 140 valence electrons. The van der Waals surface area contributed by atoms with E-state index in [0.29, 0.717) is 13.2 Å². The number of fused-ring (bicyclic) bond motifs is 1. The van der Waals surface area contributed by atoms with Gasteiger partial charge < -0.3 is 28.4 Å². The molecule has 2 heterocycles. The first-order chi connectivity index (χ1) is 12.3. The van der Waals surface area contributed by atoms with E-state index in [2.05, 4.69) is 6.92 Å². The molecule has 0 bridgehead atoms. The molecule has 6 nitrogen and oxygen atoms in total. The standard InChI is InChI=1S/C19H28O6/c1-4-5-11-22-17-16(20-2)15-14(24-19(17)21-3)12-23-18(25-15)13-9-7-6-8-10-13/h6-10,14-19H,4-5,11-12H2,1-3H3/t14?,15-,16?,17?,18?,19+/m1/s1. The van der Waals surface area contributed by atoms with Gasteiger partial charge in [-0.1, -0.05) is 43.7 Å². The molecular formula is C19H28O6. The highest BCUT2D eigenvalue weighted by Gasteiger charge is 2.51. The van der Waals surface area contributed by atoms with E-state index < -0.39 is 12.6 Å². The molecule has 0 radical (unpaired) electrons. The van der Waals surface area contributed by atoms with Crippen LogP contribution in [0, 0.1) is 0 Å². The number of ether oxygens (including phenoxy) is 6. The lowest BCUT2D eigenvalue weighted by atomic mass is 9.97. The van der Waals surface area contributed by atoms with Crippen LogP contribution < -0.4 is 0 Å². The van der Waals surface area contributed by atoms with Crippen LogP contribution in [-0.2, 0) is 28.4 Å². The van der Waals surface area contributed by atoms with Gasteiger partial charge in [-0.3, -0.25) is 0 Å². The van der Waals surface area contributed by atoms with Crippen molar-refractivity contribution in [2.45, 2.75) is 56.8 Å². The zero-order chi connectivity index (χ0) is 17.6. The second-order valence-corrected chi connectivity index (χ2v) is 6.34. The lowest BCUT2D eigenvalue weighted by molar-refractivity contribution is -0.365. The molecule has 2 saturated heterocycles. The minimum atomic E-state index is -0.497. The molecule has 0 N–H and O–H groups in total. The van der Waals surface area contributed by atoms with Gasteiger partial charge in [0.1, 0.15) is 24.4 Å². The summed E-state index contributed by atoms with van der Waals surface area (Å²) in [6, 6.07) is 9.89. The van der Waals surface area contributed by atoms with Gasteiger partial charge in [-0.25, -0.2) is 0 Å². The number of hydrogen-bond donors (Lipinski definition) is 0. The molecule has 4 unspecified atom stereocenters. The van der Waals surface area contributed by atoms with E-state index in [1.165, 1.54) is 0 Å². The number of rotatable bonds is 7. The quantitative estimate of drug-likeness (QED) is 0.703. The minimum Gasteiger partial charge on any atom is -0.376 e. The summed E-state index contributed by atoms with van der Waals surface area (Å²) in [6.45, 7) is 3.19. The number of methoxy groups -OCH3 is 2. The van der Waals surface area contributed by atoms with Crippen LogP contribution in [0.1, 0.15) is 31.6 Å². The number of unbranched alkanes of at least 4 members (excludes halogenated alkanes) is 1. The summed E-state index contributed by atoms with van der Waals surface area (Å²) < 4.78 is 35.3. The van der Waals surface area contributed by atoms with E-state index in [-0.39, 0.29) is 24.4 Å². The van der Waals surface area contributed by atoms with Gasteiger partial charge in [0, 0.05) is 26.4 Å². The maximum absolute atomic E-state index is 6.20. The van der Waals surface area contributed by atoms with Crippen molar-refractivity contribution in [2.75, 3.05) is 27.4 Å². The van der Waals surface area contributed by atoms with Crippen LogP contribution in [0.4, 0.5) is 0 Å². The van der Waals surface area contributed by atoms with Crippen LogP contribution in [0.5, 0.6) is 0 Å². The number of benzene rings is 1. The SMILES string of the molecule is CCCCOC1C(OC)[C@@H]2OC(c3ccccc3)OCC2O[C@@H]1OC. The second-order valence-electron chi connectivity index (χ2n) is 6.34. The summed E-state index contributed by atoms with van der Waals surface area (Å²) in [5.41, 5.74) is 0.980. The predicted octanol–water partition coefficient (Wildman–Crippen LogP) is 2.67. The summed E-state index contributed by atoms with van der Waals surface area (Å²) in [7, 11) is 3.29. The lowest BCUT2D eigenvalue weighted by Gasteiger charge is -2.48. The van der Waals surface area contributed by atoms with Crippen molar-refractivity contribution in [2.24, 2.45) is 0 Å². The molecule has 0 saturated carbocycles. The van der Waals surface area contributed by atoms with Crippen LogP contribution >= 0.6 is 0 Å². The summed E-state index contributed by atoms with van der Waals surface area (Å²) >= 11 is 0. The Bertz CT molecular complexity index is 510. The van der Waals surface area contributed by atoms with E-state index >= 15 is 0 Å². The van der Waals surface area contributed by atoms with Gasteiger partial charge in [0.25, 0.3) is 0 Å². The van der Waals surface area contributed by atoms with E-state index in [9.17, 15) is 0 Å². The second kappa shape index (κ2) is 9.07. The molecule has 1 aromatic carbocycles. The summed E-state index contributed by atoms with van der Waals surface area (Å²) in [4.78, 5) is 0. The smallest absolute Gasteiger partial charge is 0.186 e. The lowest BCUT2D eigenvalue weighted by Crippen LogP contribution is -2.63. The summed E-state index contributed by atoms with van der Waals surface area (Å²) in [5.74, 6) is 0. The van der Waals surface area contributed by atoms with Crippen LogP contribution in [0.15, 0.2) is 30.3 Å². The van der Waals surface area contributed by atoms with E-state index in [1.54, 1.807) is 14.2 Å². The summed E-state index contributed by atoms with van der Waals surface area (Å²) in [6.07, 6.45) is -0.0258. The van der Waals surface area contributed by atoms with Crippen molar-refractivity contribution in [3.05, 3.63) is 35.9 Å². The Labute approximate surface area is 149 Å². The normalized spacial score (nSPS) is 35.3. The molecule has 6 heteroatoms. The molecule has 3 rings (SSSR count). The molecule has 6 atom stereocenters. The van der Waals surface area contributed by atoms with Crippen molar-refractivity contribution in [3.63, 3.8) is 0 Å². The van der Waals surface area contributed by atoms with Crippen LogP contribution in [-0.4, -0.2) is 58.1 Å². The Morgan fingerprint density at radius 1 is 1.04 bits per heavy atom.